The number of allylic oxidation sites excluding steroid dienone is 2. The third-order valence-electron chi connectivity index (χ3n) is 4.89. The van der Waals surface area contributed by atoms with Crippen LogP contribution < -0.4 is 0 Å². The molecule has 0 spiro atoms. The molecule has 1 aromatic rings. The Hall–Kier alpha value is -2.02. The summed E-state index contributed by atoms with van der Waals surface area (Å²) >= 11 is 6.76. The van der Waals surface area contributed by atoms with E-state index in [9.17, 15) is 4.79 Å². The Morgan fingerprint density at radius 2 is 1.73 bits per heavy atom. The smallest absolute Gasteiger partial charge is 0.340 e. The van der Waals surface area contributed by atoms with Gasteiger partial charge in [-0.25, -0.2) is 4.79 Å². The first kappa shape index (κ1) is 26.0. The highest BCUT2D eigenvalue weighted by Crippen LogP contribution is 2.31. The van der Waals surface area contributed by atoms with E-state index in [1.54, 1.807) is 0 Å². The van der Waals surface area contributed by atoms with Crippen LogP contribution in [0, 0.1) is 0 Å². The lowest BCUT2D eigenvalue weighted by molar-refractivity contribution is -0.137. The summed E-state index contributed by atoms with van der Waals surface area (Å²) < 4.78 is 5.53. The van der Waals surface area contributed by atoms with E-state index >= 15 is 0 Å². The number of ether oxygens (including phenoxy) is 1. The zero-order valence-electron chi connectivity index (χ0n) is 19.1. The molecule has 0 saturated heterocycles. The van der Waals surface area contributed by atoms with Gasteiger partial charge in [-0.05, 0) is 50.2 Å². The summed E-state index contributed by atoms with van der Waals surface area (Å²) in [5.41, 5.74) is 6.90. The van der Waals surface area contributed by atoms with Gasteiger partial charge >= 0.3 is 5.97 Å². The SMILES string of the molecule is C/C=C/COC(=O)/C(C(=C=C(CC)CCCC)c1ccccc1)=C(/Cl)CCCCC. The van der Waals surface area contributed by atoms with Gasteiger partial charge in [0.05, 0.1) is 5.57 Å². The van der Waals surface area contributed by atoms with Crippen LogP contribution in [0.4, 0.5) is 0 Å². The minimum absolute atomic E-state index is 0.236. The van der Waals surface area contributed by atoms with Crippen molar-refractivity contribution in [3.05, 3.63) is 70.0 Å². The predicted molar refractivity (Wildman–Crippen MR) is 129 cm³/mol. The molecule has 0 aliphatic carbocycles. The van der Waals surface area contributed by atoms with Gasteiger partial charge in [0.2, 0.25) is 0 Å². The first-order valence-corrected chi connectivity index (χ1v) is 11.7. The molecule has 0 aliphatic rings. The van der Waals surface area contributed by atoms with Crippen LogP contribution >= 0.6 is 11.6 Å². The molecule has 3 heteroatoms. The standard InChI is InChI=1S/C27H37ClO2/c1-5-9-13-19-25(28)26(27(29)30-20-11-7-3)24(23-17-14-12-15-18-23)21-22(8-4)16-10-6-2/h7,11-12,14-15,17-18H,5-6,8-10,13,16,19-20H2,1-4H3/b11-7+,26-25+. The van der Waals surface area contributed by atoms with E-state index in [0.29, 0.717) is 17.0 Å². The molecule has 0 fully saturated rings. The molecular weight excluding hydrogens is 392 g/mol. The number of rotatable bonds is 13. The molecular formula is C27H37ClO2. The van der Waals surface area contributed by atoms with E-state index in [1.807, 2.05) is 49.4 Å². The molecule has 1 rings (SSSR count). The van der Waals surface area contributed by atoms with Crippen LogP contribution in [0.15, 0.2) is 64.4 Å². The van der Waals surface area contributed by atoms with Crippen LogP contribution in [0.3, 0.4) is 0 Å². The molecule has 2 nitrogen and oxygen atoms in total. The second kappa shape index (κ2) is 15.8. The first-order chi connectivity index (χ1) is 14.6. The van der Waals surface area contributed by atoms with Gasteiger partial charge in [-0.15, -0.1) is 5.73 Å². The maximum absolute atomic E-state index is 13.1. The molecule has 1 aromatic carbocycles. The van der Waals surface area contributed by atoms with E-state index in [-0.39, 0.29) is 12.6 Å². The Kier molecular flexibility index (Phi) is 13.7. The Balaban J connectivity index is 3.59. The number of esters is 1. The van der Waals surface area contributed by atoms with Crippen molar-refractivity contribution in [3.8, 4) is 0 Å². The number of unbranched alkanes of at least 4 members (excludes halogenated alkanes) is 3. The van der Waals surface area contributed by atoms with Crippen molar-refractivity contribution in [1.82, 2.24) is 0 Å². The van der Waals surface area contributed by atoms with E-state index in [2.05, 4.69) is 26.5 Å². The van der Waals surface area contributed by atoms with Gasteiger partial charge in [0.25, 0.3) is 0 Å². The Morgan fingerprint density at radius 1 is 1.03 bits per heavy atom. The maximum atomic E-state index is 13.1. The third kappa shape index (κ3) is 9.20. The molecule has 0 heterocycles. The number of hydrogen-bond donors (Lipinski definition) is 0. The second-order valence-corrected chi connectivity index (χ2v) is 7.79. The second-order valence-electron chi connectivity index (χ2n) is 7.33. The minimum Gasteiger partial charge on any atom is -0.458 e. The Morgan fingerprint density at radius 3 is 2.33 bits per heavy atom. The van der Waals surface area contributed by atoms with Crippen molar-refractivity contribution in [2.24, 2.45) is 0 Å². The van der Waals surface area contributed by atoms with Crippen molar-refractivity contribution in [2.45, 2.75) is 79.1 Å². The summed E-state index contributed by atoms with van der Waals surface area (Å²) in [5.74, 6) is -0.383. The third-order valence-corrected chi connectivity index (χ3v) is 5.27. The van der Waals surface area contributed by atoms with Gasteiger partial charge in [-0.1, -0.05) is 94.1 Å². The summed E-state index contributed by atoms with van der Waals surface area (Å²) in [5, 5.41) is 0.561. The number of carbonyl (C=O) groups excluding carboxylic acids is 1. The lowest BCUT2D eigenvalue weighted by atomic mass is 9.94. The molecule has 0 unspecified atom stereocenters. The van der Waals surface area contributed by atoms with Gasteiger partial charge < -0.3 is 4.74 Å². The normalized spacial score (nSPS) is 11.8. The van der Waals surface area contributed by atoms with Crippen LogP contribution in [0.1, 0.15) is 84.6 Å². The summed E-state index contributed by atoms with van der Waals surface area (Å²) in [7, 11) is 0. The summed E-state index contributed by atoms with van der Waals surface area (Å²) in [6.45, 7) is 8.62. The van der Waals surface area contributed by atoms with Crippen molar-refractivity contribution < 1.29 is 9.53 Å². The average Bonchev–Trinajstić information content (AvgIpc) is 2.76. The zero-order valence-corrected chi connectivity index (χ0v) is 19.9. The molecule has 164 valence electrons. The van der Waals surface area contributed by atoms with Gasteiger partial charge in [-0.2, -0.15) is 0 Å². The lowest BCUT2D eigenvalue weighted by Gasteiger charge is -2.14. The van der Waals surface area contributed by atoms with Crippen molar-refractivity contribution >= 4 is 23.1 Å². The topological polar surface area (TPSA) is 26.3 Å². The summed E-state index contributed by atoms with van der Waals surface area (Å²) in [6, 6.07) is 9.93. The fourth-order valence-electron chi connectivity index (χ4n) is 3.07. The van der Waals surface area contributed by atoms with Crippen LogP contribution in [-0.2, 0) is 9.53 Å². The van der Waals surface area contributed by atoms with Crippen LogP contribution in [-0.4, -0.2) is 12.6 Å². The molecule has 0 amide bonds. The van der Waals surface area contributed by atoms with Gasteiger partial charge in [-0.3, -0.25) is 0 Å². The quantitative estimate of drug-likeness (QED) is 0.0786. The van der Waals surface area contributed by atoms with Crippen molar-refractivity contribution in [3.63, 3.8) is 0 Å². The fraction of sp³-hybridized carbons (Fsp3) is 0.481. The summed E-state index contributed by atoms with van der Waals surface area (Å²) in [4.78, 5) is 13.1. The molecule has 0 saturated carbocycles. The number of halogens is 1. The van der Waals surface area contributed by atoms with Crippen LogP contribution in [0.5, 0.6) is 0 Å². The van der Waals surface area contributed by atoms with E-state index in [4.69, 9.17) is 16.3 Å². The molecule has 0 radical (unpaired) electrons. The maximum Gasteiger partial charge on any atom is 0.340 e. The zero-order chi connectivity index (χ0) is 22.2. The average molecular weight is 429 g/mol. The fourth-order valence-corrected chi connectivity index (χ4v) is 3.38. The lowest BCUT2D eigenvalue weighted by Crippen LogP contribution is -2.11. The first-order valence-electron chi connectivity index (χ1n) is 11.3. The van der Waals surface area contributed by atoms with Crippen molar-refractivity contribution in [2.75, 3.05) is 6.61 Å². The van der Waals surface area contributed by atoms with E-state index in [1.165, 1.54) is 5.57 Å². The van der Waals surface area contributed by atoms with E-state index in [0.717, 1.165) is 56.1 Å². The number of benzene rings is 1. The highest BCUT2D eigenvalue weighted by atomic mass is 35.5. The van der Waals surface area contributed by atoms with Crippen LogP contribution in [0.2, 0.25) is 0 Å². The molecule has 0 bridgehead atoms. The number of carbonyl (C=O) groups is 1. The van der Waals surface area contributed by atoms with Gasteiger partial charge in [0.15, 0.2) is 0 Å². The monoisotopic (exact) mass is 428 g/mol. The van der Waals surface area contributed by atoms with Gasteiger partial charge in [0, 0.05) is 10.6 Å². The largest absolute Gasteiger partial charge is 0.458 e. The molecule has 30 heavy (non-hydrogen) atoms. The highest BCUT2D eigenvalue weighted by Gasteiger charge is 2.22. The highest BCUT2D eigenvalue weighted by molar-refractivity contribution is 6.33. The Bertz CT molecular complexity index is 765. The molecule has 0 aliphatic heterocycles. The number of hydrogen-bond acceptors (Lipinski definition) is 2. The molecule has 0 N–H and O–H groups in total. The predicted octanol–water partition coefficient (Wildman–Crippen LogP) is 8.39. The molecule has 0 aromatic heterocycles. The summed E-state index contributed by atoms with van der Waals surface area (Å²) in [6.07, 6.45) is 11.6. The van der Waals surface area contributed by atoms with Gasteiger partial charge in [0.1, 0.15) is 6.61 Å². The van der Waals surface area contributed by atoms with E-state index < -0.39 is 0 Å². The minimum atomic E-state index is -0.383. The van der Waals surface area contributed by atoms with Crippen molar-refractivity contribution in [1.29, 1.82) is 0 Å². The van der Waals surface area contributed by atoms with Crippen LogP contribution in [0.25, 0.3) is 5.57 Å². The Labute approximate surface area is 188 Å². The molecule has 0 atom stereocenters.